The van der Waals surface area contributed by atoms with E-state index in [4.69, 9.17) is 9.47 Å². The molecule has 0 saturated heterocycles. The largest absolute Gasteiger partial charge is 0.486 e. The first-order valence-corrected chi connectivity index (χ1v) is 7.82. The van der Waals surface area contributed by atoms with Crippen LogP contribution in [-0.4, -0.2) is 36.3 Å². The van der Waals surface area contributed by atoms with Crippen molar-refractivity contribution in [1.82, 2.24) is 5.32 Å². The molecule has 1 aromatic rings. The van der Waals surface area contributed by atoms with Crippen LogP contribution in [0.4, 0.5) is 5.69 Å². The minimum atomic E-state index is -0.431. The normalized spacial score (nSPS) is 24.4. The van der Waals surface area contributed by atoms with E-state index < -0.39 is 4.92 Å². The monoisotopic (exact) mass is 358 g/mol. The molecule has 1 saturated carbocycles. The summed E-state index contributed by atoms with van der Waals surface area (Å²) in [5.41, 5.74) is 0.00279. The molecule has 0 bridgehead atoms. The Labute approximate surface area is 132 Å². The molecule has 7 heteroatoms. The first kappa shape index (κ1) is 16.2. The van der Waals surface area contributed by atoms with Crippen LogP contribution in [-0.2, 0) is 4.74 Å². The van der Waals surface area contributed by atoms with Crippen LogP contribution < -0.4 is 10.1 Å². The Bertz CT molecular complexity index is 512. The number of ether oxygens (including phenoxy) is 2. The molecule has 0 heterocycles. The number of hydrogen-bond acceptors (Lipinski definition) is 5. The molecule has 0 aromatic heterocycles. The van der Waals surface area contributed by atoms with Crippen LogP contribution in [0.3, 0.4) is 0 Å². The van der Waals surface area contributed by atoms with Crippen LogP contribution in [0.15, 0.2) is 22.7 Å². The summed E-state index contributed by atoms with van der Waals surface area (Å²) in [6, 6.07) is 5.06. The number of benzene rings is 1. The van der Waals surface area contributed by atoms with E-state index in [1.54, 1.807) is 12.1 Å². The van der Waals surface area contributed by atoms with Gasteiger partial charge in [-0.15, -0.1) is 0 Å². The number of nitrogens with zero attached hydrogens (tertiary/aromatic N) is 1. The highest BCUT2D eigenvalue weighted by Crippen LogP contribution is 2.37. The third kappa shape index (κ3) is 3.53. The Balaban J connectivity index is 2.08. The fourth-order valence-electron chi connectivity index (χ4n) is 2.47. The summed E-state index contributed by atoms with van der Waals surface area (Å²) in [5.74, 6) is 0.480. The van der Waals surface area contributed by atoms with Crippen molar-refractivity contribution in [2.45, 2.75) is 38.5 Å². The molecule has 2 rings (SSSR count). The van der Waals surface area contributed by atoms with Crippen molar-refractivity contribution in [3.8, 4) is 5.75 Å². The van der Waals surface area contributed by atoms with Gasteiger partial charge in [0, 0.05) is 25.1 Å². The summed E-state index contributed by atoms with van der Waals surface area (Å²) in [5, 5.41) is 14.3. The second-order valence-corrected chi connectivity index (χ2v) is 5.62. The van der Waals surface area contributed by atoms with Gasteiger partial charge < -0.3 is 14.8 Å². The van der Waals surface area contributed by atoms with Crippen molar-refractivity contribution in [3.63, 3.8) is 0 Å². The molecule has 0 aliphatic heterocycles. The van der Waals surface area contributed by atoms with E-state index in [1.807, 2.05) is 13.8 Å². The van der Waals surface area contributed by atoms with E-state index in [9.17, 15) is 10.1 Å². The Morgan fingerprint density at radius 1 is 1.48 bits per heavy atom. The molecule has 1 N–H and O–H groups in total. The van der Waals surface area contributed by atoms with Crippen LogP contribution >= 0.6 is 15.9 Å². The molecule has 1 aliphatic rings. The second-order valence-electron chi connectivity index (χ2n) is 4.82. The zero-order chi connectivity index (χ0) is 15.4. The molecule has 21 heavy (non-hydrogen) atoms. The van der Waals surface area contributed by atoms with Crippen molar-refractivity contribution in [3.05, 3.63) is 32.8 Å². The lowest BCUT2D eigenvalue weighted by atomic mass is 9.85. The number of nitrogens with one attached hydrogen (secondary N) is 1. The fourth-order valence-corrected chi connectivity index (χ4v) is 2.97. The maximum Gasteiger partial charge on any atom is 0.287 e. The van der Waals surface area contributed by atoms with Gasteiger partial charge in [0.2, 0.25) is 0 Å². The van der Waals surface area contributed by atoms with Crippen molar-refractivity contribution in [2.75, 3.05) is 13.2 Å². The molecule has 1 aliphatic carbocycles. The van der Waals surface area contributed by atoms with E-state index in [1.165, 1.54) is 6.07 Å². The predicted molar refractivity (Wildman–Crippen MR) is 82.7 cm³/mol. The molecule has 0 amide bonds. The van der Waals surface area contributed by atoms with E-state index in [0.29, 0.717) is 16.8 Å². The van der Waals surface area contributed by atoms with E-state index in [0.717, 1.165) is 13.0 Å². The molecule has 1 aromatic carbocycles. The van der Waals surface area contributed by atoms with Crippen molar-refractivity contribution in [2.24, 2.45) is 0 Å². The molecule has 3 unspecified atom stereocenters. The van der Waals surface area contributed by atoms with Crippen LogP contribution in [0.2, 0.25) is 0 Å². The minimum absolute atomic E-state index is 0.00279. The molecule has 3 atom stereocenters. The third-order valence-corrected chi connectivity index (χ3v) is 4.29. The number of nitro benzene ring substituents is 1. The Morgan fingerprint density at radius 3 is 2.86 bits per heavy atom. The minimum Gasteiger partial charge on any atom is -0.486 e. The van der Waals surface area contributed by atoms with Crippen molar-refractivity contribution in [1.29, 1.82) is 0 Å². The van der Waals surface area contributed by atoms with Crippen molar-refractivity contribution >= 4 is 21.6 Å². The van der Waals surface area contributed by atoms with Crippen LogP contribution in [0.1, 0.15) is 20.3 Å². The standard InChI is InChI=1S/C14H19BrN2O4/c1-3-16-9-8-12(14(9)20-4-2)21-11-7-5-6-10(13(11)15)17(18)19/h5-7,9,12,14,16H,3-4,8H2,1-2H3. The first-order valence-electron chi connectivity index (χ1n) is 7.03. The Kier molecular flexibility index (Phi) is 5.55. The van der Waals surface area contributed by atoms with Gasteiger partial charge in [0.1, 0.15) is 22.4 Å². The number of rotatable bonds is 7. The van der Waals surface area contributed by atoms with Crippen LogP contribution in [0.25, 0.3) is 0 Å². The molecule has 0 spiro atoms. The Hall–Kier alpha value is -1.18. The highest BCUT2D eigenvalue weighted by Gasteiger charge is 2.43. The van der Waals surface area contributed by atoms with Gasteiger partial charge in [-0.3, -0.25) is 10.1 Å². The van der Waals surface area contributed by atoms with Gasteiger partial charge in [-0.05, 0) is 35.5 Å². The van der Waals surface area contributed by atoms with Crippen LogP contribution in [0.5, 0.6) is 5.75 Å². The van der Waals surface area contributed by atoms with Crippen molar-refractivity contribution < 1.29 is 14.4 Å². The molecular formula is C14H19BrN2O4. The summed E-state index contributed by atoms with van der Waals surface area (Å²) in [6.07, 6.45) is 0.710. The summed E-state index contributed by atoms with van der Waals surface area (Å²) < 4.78 is 12.0. The van der Waals surface area contributed by atoms with Crippen LogP contribution in [0, 0.1) is 10.1 Å². The molecule has 116 valence electrons. The quantitative estimate of drug-likeness (QED) is 0.599. The van der Waals surface area contributed by atoms with Gasteiger partial charge in [-0.25, -0.2) is 0 Å². The van der Waals surface area contributed by atoms with E-state index in [-0.39, 0.29) is 23.9 Å². The third-order valence-electron chi connectivity index (χ3n) is 3.49. The van der Waals surface area contributed by atoms with E-state index >= 15 is 0 Å². The van der Waals surface area contributed by atoms with E-state index in [2.05, 4.69) is 21.2 Å². The molecular weight excluding hydrogens is 340 g/mol. The van der Waals surface area contributed by atoms with Gasteiger partial charge in [0.15, 0.2) is 0 Å². The SMILES string of the molecule is CCNC1CC(Oc2cccc([N+](=O)[O-])c2Br)C1OCC. The van der Waals surface area contributed by atoms with Gasteiger partial charge in [-0.1, -0.05) is 13.0 Å². The average Bonchev–Trinajstić information content (AvgIpc) is 2.45. The maximum atomic E-state index is 10.9. The average molecular weight is 359 g/mol. The lowest BCUT2D eigenvalue weighted by molar-refractivity contribution is -0.385. The number of hydrogen-bond donors (Lipinski definition) is 1. The molecule has 1 fully saturated rings. The fraction of sp³-hybridized carbons (Fsp3) is 0.571. The summed E-state index contributed by atoms with van der Waals surface area (Å²) in [6.45, 7) is 5.49. The zero-order valence-electron chi connectivity index (χ0n) is 12.0. The lowest BCUT2D eigenvalue weighted by Crippen LogP contribution is -2.61. The summed E-state index contributed by atoms with van der Waals surface area (Å²) in [7, 11) is 0. The van der Waals surface area contributed by atoms with Gasteiger partial charge in [0.25, 0.3) is 5.69 Å². The maximum absolute atomic E-state index is 10.9. The summed E-state index contributed by atoms with van der Waals surface area (Å²) >= 11 is 3.25. The smallest absolute Gasteiger partial charge is 0.287 e. The first-order chi connectivity index (χ1) is 10.1. The second kappa shape index (κ2) is 7.20. The number of likely N-dealkylation sites (N-methyl/N-ethyl adjacent to an activating group) is 1. The van der Waals surface area contributed by atoms with Gasteiger partial charge >= 0.3 is 0 Å². The lowest BCUT2D eigenvalue weighted by Gasteiger charge is -2.44. The molecule has 0 radical (unpaired) electrons. The number of nitro groups is 1. The Morgan fingerprint density at radius 2 is 2.24 bits per heavy atom. The summed E-state index contributed by atoms with van der Waals surface area (Å²) in [4.78, 5) is 10.5. The highest BCUT2D eigenvalue weighted by atomic mass is 79.9. The number of halogens is 1. The predicted octanol–water partition coefficient (Wildman–Crippen LogP) is 2.89. The van der Waals surface area contributed by atoms with Gasteiger partial charge in [0.05, 0.1) is 4.92 Å². The topological polar surface area (TPSA) is 73.6 Å². The van der Waals surface area contributed by atoms with Gasteiger partial charge in [-0.2, -0.15) is 0 Å². The molecule has 6 nitrogen and oxygen atoms in total. The zero-order valence-corrected chi connectivity index (χ0v) is 13.6. The highest BCUT2D eigenvalue weighted by molar-refractivity contribution is 9.10.